The van der Waals surface area contributed by atoms with Gasteiger partial charge in [-0.05, 0) is 24.6 Å². The summed E-state index contributed by atoms with van der Waals surface area (Å²) in [7, 11) is 0. The Hall–Kier alpha value is -2.37. The Morgan fingerprint density at radius 1 is 1.35 bits per heavy atom. The third-order valence-electron chi connectivity index (χ3n) is 2.08. The van der Waals surface area contributed by atoms with Crippen molar-refractivity contribution in [1.82, 2.24) is 15.2 Å². The zero-order valence-corrected chi connectivity index (χ0v) is 9.01. The highest BCUT2D eigenvalue weighted by atomic mass is 19.1. The molecular weight excluding hydrogens is 223 g/mol. The predicted octanol–water partition coefficient (Wildman–Crippen LogP) is 1.57. The van der Waals surface area contributed by atoms with E-state index in [0.29, 0.717) is 0 Å². The molecule has 0 aliphatic heterocycles. The van der Waals surface area contributed by atoms with Crippen LogP contribution in [0.3, 0.4) is 0 Å². The standard InChI is InChI=1S/C11H9FN4O/c1-7-2-3-8(9(12)6-7)10(17)15-11-13-4-5-14-16-11/h2-6H,1H3,(H,13,15,16,17). The summed E-state index contributed by atoms with van der Waals surface area (Å²) in [5.41, 5.74) is 0.694. The lowest BCUT2D eigenvalue weighted by atomic mass is 10.1. The first-order valence-corrected chi connectivity index (χ1v) is 4.88. The van der Waals surface area contributed by atoms with Crippen molar-refractivity contribution in [2.45, 2.75) is 6.92 Å². The Morgan fingerprint density at radius 2 is 2.18 bits per heavy atom. The summed E-state index contributed by atoms with van der Waals surface area (Å²) < 4.78 is 13.5. The van der Waals surface area contributed by atoms with Crippen molar-refractivity contribution >= 4 is 11.9 Å². The molecule has 1 heterocycles. The van der Waals surface area contributed by atoms with Crippen molar-refractivity contribution < 1.29 is 9.18 Å². The van der Waals surface area contributed by atoms with E-state index in [1.165, 1.54) is 24.5 Å². The molecule has 1 amide bonds. The molecule has 2 rings (SSSR count). The van der Waals surface area contributed by atoms with Gasteiger partial charge in [-0.1, -0.05) is 6.07 Å². The molecule has 0 saturated carbocycles. The number of carbonyl (C=O) groups excluding carboxylic acids is 1. The number of anilines is 1. The van der Waals surface area contributed by atoms with Crippen molar-refractivity contribution in [1.29, 1.82) is 0 Å². The van der Waals surface area contributed by atoms with Crippen LogP contribution in [0.15, 0.2) is 30.6 Å². The van der Waals surface area contributed by atoms with Crippen LogP contribution >= 0.6 is 0 Å². The molecule has 0 atom stereocenters. The lowest BCUT2D eigenvalue weighted by Crippen LogP contribution is -2.16. The van der Waals surface area contributed by atoms with Crippen LogP contribution in [0.2, 0.25) is 0 Å². The summed E-state index contributed by atoms with van der Waals surface area (Å²) in [6.07, 6.45) is 2.76. The maximum absolute atomic E-state index is 13.5. The summed E-state index contributed by atoms with van der Waals surface area (Å²) in [5.74, 6) is -1.14. The minimum absolute atomic E-state index is 0.0393. The highest BCUT2D eigenvalue weighted by molar-refractivity contribution is 6.03. The quantitative estimate of drug-likeness (QED) is 0.853. The number of rotatable bonds is 2. The van der Waals surface area contributed by atoms with Gasteiger partial charge in [0.1, 0.15) is 5.82 Å². The minimum Gasteiger partial charge on any atom is -0.289 e. The van der Waals surface area contributed by atoms with Crippen LogP contribution in [0.1, 0.15) is 15.9 Å². The molecule has 0 bridgehead atoms. The first kappa shape index (κ1) is 11.1. The largest absolute Gasteiger partial charge is 0.289 e. The molecule has 0 unspecified atom stereocenters. The van der Waals surface area contributed by atoms with E-state index in [4.69, 9.17) is 0 Å². The number of aryl methyl sites for hydroxylation is 1. The number of halogens is 1. The van der Waals surface area contributed by atoms with Gasteiger partial charge in [0.25, 0.3) is 5.91 Å². The lowest BCUT2D eigenvalue weighted by Gasteiger charge is -2.04. The van der Waals surface area contributed by atoms with Gasteiger partial charge in [-0.25, -0.2) is 9.37 Å². The highest BCUT2D eigenvalue weighted by Crippen LogP contribution is 2.11. The molecule has 0 spiro atoms. The normalized spacial score (nSPS) is 10.0. The number of nitrogens with zero attached hydrogens (tertiary/aromatic N) is 3. The van der Waals surface area contributed by atoms with Crippen LogP contribution in [0.25, 0.3) is 0 Å². The van der Waals surface area contributed by atoms with Crippen molar-refractivity contribution in [2.24, 2.45) is 0 Å². The number of nitrogens with one attached hydrogen (secondary N) is 1. The number of aromatic nitrogens is 3. The van der Waals surface area contributed by atoms with Crippen molar-refractivity contribution in [3.63, 3.8) is 0 Å². The van der Waals surface area contributed by atoms with Gasteiger partial charge in [-0.15, -0.1) is 5.10 Å². The van der Waals surface area contributed by atoms with Crippen LogP contribution in [-0.4, -0.2) is 21.1 Å². The summed E-state index contributed by atoms with van der Waals surface area (Å²) in [6.45, 7) is 1.75. The van der Waals surface area contributed by atoms with Gasteiger partial charge in [0.15, 0.2) is 0 Å². The smallest absolute Gasteiger partial charge is 0.261 e. The second-order valence-electron chi connectivity index (χ2n) is 3.40. The topological polar surface area (TPSA) is 67.8 Å². The molecule has 17 heavy (non-hydrogen) atoms. The van der Waals surface area contributed by atoms with Gasteiger partial charge in [0.2, 0.25) is 5.95 Å². The molecule has 2 aromatic rings. The summed E-state index contributed by atoms with van der Waals surface area (Å²) in [6, 6.07) is 4.36. The van der Waals surface area contributed by atoms with E-state index in [1.807, 2.05) is 0 Å². The monoisotopic (exact) mass is 232 g/mol. The Bertz CT molecular complexity index is 544. The van der Waals surface area contributed by atoms with E-state index in [0.717, 1.165) is 5.56 Å². The number of carbonyl (C=O) groups is 1. The number of hydrogen-bond donors (Lipinski definition) is 1. The summed E-state index contributed by atoms with van der Waals surface area (Å²) in [5, 5.41) is 9.48. The van der Waals surface area contributed by atoms with Crippen LogP contribution in [0.5, 0.6) is 0 Å². The molecule has 0 aliphatic rings. The van der Waals surface area contributed by atoms with Gasteiger partial charge >= 0.3 is 0 Å². The lowest BCUT2D eigenvalue weighted by molar-refractivity contribution is 0.102. The fourth-order valence-corrected chi connectivity index (χ4v) is 1.28. The van der Waals surface area contributed by atoms with E-state index >= 15 is 0 Å². The molecule has 1 aromatic heterocycles. The second kappa shape index (κ2) is 4.65. The van der Waals surface area contributed by atoms with Crippen molar-refractivity contribution in [2.75, 3.05) is 5.32 Å². The predicted molar refractivity (Wildman–Crippen MR) is 58.9 cm³/mol. The second-order valence-corrected chi connectivity index (χ2v) is 3.40. The van der Waals surface area contributed by atoms with E-state index in [-0.39, 0.29) is 11.5 Å². The van der Waals surface area contributed by atoms with Gasteiger partial charge in [-0.2, -0.15) is 5.10 Å². The maximum atomic E-state index is 13.5. The van der Waals surface area contributed by atoms with Gasteiger partial charge in [0.05, 0.1) is 18.0 Å². The van der Waals surface area contributed by atoms with Crippen LogP contribution in [-0.2, 0) is 0 Å². The number of hydrogen-bond acceptors (Lipinski definition) is 4. The van der Waals surface area contributed by atoms with Gasteiger partial charge in [-0.3, -0.25) is 10.1 Å². The molecule has 0 radical (unpaired) electrons. The van der Waals surface area contributed by atoms with Gasteiger partial charge < -0.3 is 0 Å². The van der Waals surface area contributed by atoms with Crippen LogP contribution in [0.4, 0.5) is 10.3 Å². The minimum atomic E-state index is -0.601. The van der Waals surface area contributed by atoms with Gasteiger partial charge in [0, 0.05) is 0 Å². The van der Waals surface area contributed by atoms with E-state index in [9.17, 15) is 9.18 Å². The van der Waals surface area contributed by atoms with Crippen LogP contribution < -0.4 is 5.32 Å². The zero-order chi connectivity index (χ0) is 12.3. The van der Waals surface area contributed by atoms with E-state index in [1.54, 1.807) is 13.0 Å². The molecule has 6 heteroatoms. The average Bonchev–Trinajstić information content (AvgIpc) is 2.30. The Kier molecular flexibility index (Phi) is 3.04. The molecule has 0 saturated heterocycles. The first-order chi connectivity index (χ1) is 8.16. The molecule has 0 fully saturated rings. The third kappa shape index (κ3) is 2.60. The highest BCUT2D eigenvalue weighted by Gasteiger charge is 2.12. The molecular formula is C11H9FN4O. The van der Waals surface area contributed by atoms with E-state index < -0.39 is 11.7 Å². The average molecular weight is 232 g/mol. The Balaban J connectivity index is 2.21. The maximum Gasteiger partial charge on any atom is 0.261 e. The fraction of sp³-hybridized carbons (Fsp3) is 0.0909. The summed E-state index contributed by atoms with van der Waals surface area (Å²) >= 11 is 0. The molecule has 0 aliphatic carbocycles. The fourth-order valence-electron chi connectivity index (χ4n) is 1.28. The molecule has 1 N–H and O–H groups in total. The molecule has 86 valence electrons. The van der Waals surface area contributed by atoms with E-state index in [2.05, 4.69) is 20.5 Å². The zero-order valence-electron chi connectivity index (χ0n) is 9.01. The summed E-state index contributed by atoms with van der Waals surface area (Å²) in [4.78, 5) is 15.5. The third-order valence-corrected chi connectivity index (χ3v) is 2.08. The van der Waals surface area contributed by atoms with Crippen molar-refractivity contribution in [3.8, 4) is 0 Å². The van der Waals surface area contributed by atoms with Crippen molar-refractivity contribution in [3.05, 3.63) is 47.5 Å². The van der Waals surface area contributed by atoms with Crippen LogP contribution in [0, 0.1) is 12.7 Å². The number of benzene rings is 1. The Labute approximate surface area is 96.7 Å². The molecule has 5 nitrogen and oxygen atoms in total. The number of amides is 1. The SMILES string of the molecule is Cc1ccc(C(=O)Nc2nccnn2)c(F)c1. The Morgan fingerprint density at radius 3 is 2.82 bits per heavy atom. The first-order valence-electron chi connectivity index (χ1n) is 4.88. The molecule has 1 aromatic carbocycles.